The Morgan fingerprint density at radius 2 is 2.12 bits per heavy atom. The van der Waals surface area contributed by atoms with Crippen molar-refractivity contribution < 1.29 is 24.5 Å². The first-order chi connectivity index (χ1) is 8.04. The lowest BCUT2D eigenvalue weighted by atomic mass is 10.1. The number of carbonyl (C=O) groups excluding carboxylic acids is 1. The normalized spacial score (nSPS) is 36.7. The third kappa shape index (κ3) is 2.42. The van der Waals surface area contributed by atoms with Crippen LogP contribution < -0.4 is 0 Å². The minimum absolute atomic E-state index is 0.0552. The Morgan fingerprint density at radius 3 is 2.65 bits per heavy atom. The smallest absolute Gasteiger partial charge is 0.307 e. The molecule has 1 aliphatic carbocycles. The van der Waals surface area contributed by atoms with Gasteiger partial charge in [0.25, 0.3) is 0 Å². The van der Waals surface area contributed by atoms with E-state index >= 15 is 0 Å². The van der Waals surface area contributed by atoms with Crippen molar-refractivity contribution >= 4 is 11.9 Å². The molecular formula is C11H17NO5. The molecule has 0 aromatic rings. The average molecular weight is 243 g/mol. The highest BCUT2D eigenvalue weighted by Gasteiger charge is 2.51. The van der Waals surface area contributed by atoms with Crippen LogP contribution in [-0.2, 0) is 14.3 Å². The summed E-state index contributed by atoms with van der Waals surface area (Å²) in [6.45, 7) is 2.48. The van der Waals surface area contributed by atoms with E-state index < -0.39 is 11.9 Å². The quantitative estimate of drug-likeness (QED) is 0.685. The van der Waals surface area contributed by atoms with Crippen molar-refractivity contribution in [1.82, 2.24) is 4.90 Å². The largest absolute Gasteiger partial charge is 0.481 e. The number of nitrogens with zero attached hydrogens (tertiary/aromatic N) is 1. The fraction of sp³-hybridized carbons (Fsp3) is 0.818. The zero-order valence-corrected chi connectivity index (χ0v) is 9.70. The molecule has 1 saturated carbocycles. The molecule has 0 bridgehead atoms. The van der Waals surface area contributed by atoms with Crippen LogP contribution >= 0.6 is 0 Å². The van der Waals surface area contributed by atoms with Crippen molar-refractivity contribution in [2.75, 3.05) is 19.8 Å². The van der Waals surface area contributed by atoms with Gasteiger partial charge in [-0.05, 0) is 13.3 Å². The average Bonchev–Trinajstić information content (AvgIpc) is 3.09. The minimum Gasteiger partial charge on any atom is -0.481 e. The SMILES string of the molecule is CC1COC(CO)CN1C(=O)C1CC1C(=O)O. The highest BCUT2D eigenvalue weighted by atomic mass is 16.5. The van der Waals surface area contributed by atoms with Crippen LogP contribution in [0.3, 0.4) is 0 Å². The van der Waals surface area contributed by atoms with Crippen LogP contribution in [0, 0.1) is 11.8 Å². The summed E-state index contributed by atoms with van der Waals surface area (Å²) in [7, 11) is 0. The highest BCUT2D eigenvalue weighted by molar-refractivity contribution is 5.89. The van der Waals surface area contributed by atoms with Gasteiger partial charge in [-0.15, -0.1) is 0 Å². The zero-order chi connectivity index (χ0) is 12.6. The van der Waals surface area contributed by atoms with Crippen molar-refractivity contribution in [2.45, 2.75) is 25.5 Å². The molecule has 6 heteroatoms. The summed E-state index contributed by atoms with van der Waals surface area (Å²) in [5, 5.41) is 17.8. The Kier molecular flexibility index (Phi) is 3.35. The predicted molar refractivity (Wildman–Crippen MR) is 57.2 cm³/mol. The number of carboxylic acid groups (broad SMARTS) is 1. The first-order valence-corrected chi connectivity index (χ1v) is 5.80. The van der Waals surface area contributed by atoms with E-state index in [0.717, 1.165) is 0 Å². The van der Waals surface area contributed by atoms with Crippen molar-refractivity contribution in [1.29, 1.82) is 0 Å². The highest BCUT2D eigenvalue weighted by Crippen LogP contribution is 2.40. The second-order valence-corrected chi connectivity index (χ2v) is 4.76. The van der Waals surface area contributed by atoms with Gasteiger partial charge in [0.1, 0.15) is 0 Å². The minimum atomic E-state index is -0.900. The second-order valence-electron chi connectivity index (χ2n) is 4.76. The fourth-order valence-electron chi connectivity index (χ4n) is 2.19. The molecular weight excluding hydrogens is 226 g/mol. The molecule has 2 rings (SSSR count). The Bertz CT molecular complexity index is 332. The summed E-state index contributed by atoms with van der Waals surface area (Å²) in [6, 6.07) is -0.0552. The second kappa shape index (κ2) is 4.62. The van der Waals surface area contributed by atoms with E-state index in [1.807, 2.05) is 6.92 Å². The number of hydrogen-bond acceptors (Lipinski definition) is 4. The maximum atomic E-state index is 12.1. The van der Waals surface area contributed by atoms with Gasteiger partial charge < -0.3 is 19.8 Å². The number of ether oxygens (including phenoxy) is 1. The Labute approximate surface area is 99.2 Å². The molecule has 0 radical (unpaired) electrons. The van der Waals surface area contributed by atoms with E-state index in [-0.39, 0.29) is 30.6 Å². The van der Waals surface area contributed by atoms with Gasteiger partial charge in [-0.1, -0.05) is 0 Å². The van der Waals surface area contributed by atoms with Gasteiger partial charge >= 0.3 is 5.97 Å². The molecule has 17 heavy (non-hydrogen) atoms. The molecule has 1 saturated heterocycles. The van der Waals surface area contributed by atoms with Crippen LogP contribution in [0.4, 0.5) is 0 Å². The van der Waals surface area contributed by atoms with E-state index in [4.69, 9.17) is 14.9 Å². The van der Waals surface area contributed by atoms with Gasteiger partial charge in [0, 0.05) is 6.54 Å². The molecule has 1 amide bonds. The van der Waals surface area contributed by atoms with E-state index in [0.29, 0.717) is 19.6 Å². The number of carboxylic acids is 1. The lowest BCUT2D eigenvalue weighted by molar-refractivity contribution is -0.150. The first-order valence-electron chi connectivity index (χ1n) is 5.80. The summed E-state index contributed by atoms with van der Waals surface area (Å²) in [6.07, 6.45) is 0.0827. The van der Waals surface area contributed by atoms with Gasteiger partial charge in [0.05, 0.1) is 37.2 Å². The molecule has 2 aliphatic rings. The number of aliphatic carboxylic acids is 1. The summed E-state index contributed by atoms with van der Waals surface area (Å²) >= 11 is 0. The van der Waals surface area contributed by atoms with E-state index in [9.17, 15) is 9.59 Å². The van der Waals surface area contributed by atoms with Crippen molar-refractivity contribution in [3.05, 3.63) is 0 Å². The number of amides is 1. The molecule has 96 valence electrons. The fourth-order valence-corrected chi connectivity index (χ4v) is 2.19. The van der Waals surface area contributed by atoms with Gasteiger partial charge in [0.2, 0.25) is 5.91 Å². The monoisotopic (exact) mass is 243 g/mol. The molecule has 1 heterocycles. The van der Waals surface area contributed by atoms with E-state index in [2.05, 4.69) is 0 Å². The zero-order valence-electron chi connectivity index (χ0n) is 9.70. The third-order valence-electron chi connectivity index (χ3n) is 3.42. The molecule has 0 spiro atoms. The molecule has 4 atom stereocenters. The third-order valence-corrected chi connectivity index (χ3v) is 3.42. The summed E-state index contributed by atoms with van der Waals surface area (Å²) in [5.41, 5.74) is 0. The lowest BCUT2D eigenvalue weighted by Crippen LogP contribution is -2.52. The number of aliphatic hydroxyl groups is 1. The summed E-state index contributed by atoms with van der Waals surface area (Å²) < 4.78 is 5.33. The number of rotatable bonds is 3. The number of carbonyl (C=O) groups is 2. The number of hydrogen-bond donors (Lipinski definition) is 2. The number of morpholine rings is 1. The Hall–Kier alpha value is -1.14. The topological polar surface area (TPSA) is 87.1 Å². The van der Waals surface area contributed by atoms with Crippen LogP contribution in [0.25, 0.3) is 0 Å². The van der Waals surface area contributed by atoms with E-state index in [1.54, 1.807) is 4.90 Å². The van der Waals surface area contributed by atoms with Gasteiger partial charge in [-0.25, -0.2) is 0 Å². The van der Waals surface area contributed by atoms with Gasteiger partial charge in [0.15, 0.2) is 0 Å². The molecule has 6 nitrogen and oxygen atoms in total. The molecule has 2 N–H and O–H groups in total. The van der Waals surface area contributed by atoms with Crippen LogP contribution in [0.5, 0.6) is 0 Å². The summed E-state index contributed by atoms with van der Waals surface area (Å²) in [5.74, 6) is -1.92. The molecule has 1 aliphatic heterocycles. The lowest BCUT2D eigenvalue weighted by Gasteiger charge is -2.37. The standard InChI is InChI=1S/C11H17NO5/c1-6-5-17-7(4-13)3-12(6)10(14)8-2-9(8)11(15)16/h6-9,13H,2-5H2,1H3,(H,15,16). The maximum Gasteiger partial charge on any atom is 0.307 e. The maximum absolute atomic E-state index is 12.1. The van der Waals surface area contributed by atoms with Crippen LogP contribution in [0.1, 0.15) is 13.3 Å². The number of aliphatic hydroxyl groups excluding tert-OH is 1. The van der Waals surface area contributed by atoms with Crippen molar-refractivity contribution in [3.63, 3.8) is 0 Å². The Morgan fingerprint density at radius 1 is 1.41 bits per heavy atom. The first kappa shape index (κ1) is 12.3. The van der Waals surface area contributed by atoms with Crippen molar-refractivity contribution in [2.24, 2.45) is 11.8 Å². The van der Waals surface area contributed by atoms with Gasteiger partial charge in [-0.2, -0.15) is 0 Å². The summed E-state index contributed by atoms with van der Waals surface area (Å²) in [4.78, 5) is 24.4. The predicted octanol–water partition coefficient (Wildman–Crippen LogP) is -0.685. The molecule has 4 unspecified atom stereocenters. The van der Waals surface area contributed by atoms with Gasteiger partial charge in [-0.3, -0.25) is 9.59 Å². The Balaban J connectivity index is 1.96. The van der Waals surface area contributed by atoms with E-state index in [1.165, 1.54) is 0 Å². The van der Waals surface area contributed by atoms with Crippen LogP contribution in [0.2, 0.25) is 0 Å². The van der Waals surface area contributed by atoms with Crippen LogP contribution in [0.15, 0.2) is 0 Å². The molecule has 0 aromatic carbocycles. The van der Waals surface area contributed by atoms with Crippen molar-refractivity contribution in [3.8, 4) is 0 Å². The molecule has 0 aromatic heterocycles. The van der Waals surface area contributed by atoms with Crippen LogP contribution in [-0.4, -0.2) is 58.9 Å². The molecule has 2 fully saturated rings.